The first-order valence-electron chi connectivity index (χ1n) is 6.53. The Hall–Kier alpha value is -2.08. The van der Waals surface area contributed by atoms with Crippen LogP contribution in [0.4, 0.5) is 5.13 Å². The summed E-state index contributed by atoms with van der Waals surface area (Å²) in [5, 5.41) is 12.1. The van der Waals surface area contributed by atoms with Crippen molar-refractivity contribution in [3.63, 3.8) is 0 Å². The number of rotatable bonds is 4. The smallest absolute Gasteiger partial charge is 0.226 e. The van der Waals surface area contributed by atoms with Crippen LogP contribution in [-0.4, -0.2) is 21.1 Å². The lowest BCUT2D eigenvalue weighted by molar-refractivity contribution is -0.116. The molecule has 2 aromatic heterocycles. The molecule has 6 heteroatoms. The highest BCUT2D eigenvalue weighted by molar-refractivity contribution is 7.18. The second-order valence-electron chi connectivity index (χ2n) is 4.65. The lowest BCUT2D eigenvalue weighted by Crippen LogP contribution is -2.14. The minimum atomic E-state index is -0.00901. The van der Waals surface area contributed by atoms with E-state index in [1.807, 2.05) is 18.2 Å². The molecule has 0 saturated heterocycles. The van der Waals surface area contributed by atoms with Gasteiger partial charge in [-0.25, -0.2) is 0 Å². The van der Waals surface area contributed by atoms with Gasteiger partial charge in [0.05, 0.1) is 0 Å². The van der Waals surface area contributed by atoms with Crippen LogP contribution in [0.2, 0.25) is 0 Å². The molecule has 0 fully saturated rings. The predicted molar refractivity (Wildman–Crippen MR) is 78.3 cm³/mol. The van der Waals surface area contributed by atoms with Gasteiger partial charge in [0, 0.05) is 12.6 Å². The number of carbonyl (C=O) groups excluding carboxylic acids is 1. The molecular weight excluding hydrogens is 272 g/mol. The summed E-state index contributed by atoms with van der Waals surface area (Å²) in [6, 6.07) is 5.62. The SMILES string of the molecule is O=C(CC1C=CCC1)Nc1nnc(-c2ccccn2)s1. The van der Waals surface area contributed by atoms with E-state index in [-0.39, 0.29) is 5.91 Å². The van der Waals surface area contributed by atoms with Crippen molar-refractivity contribution in [2.24, 2.45) is 5.92 Å². The van der Waals surface area contributed by atoms with Crippen molar-refractivity contribution in [3.05, 3.63) is 36.5 Å². The lowest BCUT2D eigenvalue weighted by atomic mass is 10.1. The van der Waals surface area contributed by atoms with E-state index in [2.05, 4.69) is 32.7 Å². The monoisotopic (exact) mass is 286 g/mol. The maximum absolute atomic E-state index is 11.9. The number of aromatic nitrogens is 3. The standard InChI is InChI=1S/C14H14N4OS/c19-12(9-10-5-1-2-6-10)16-14-18-17-13(20-14)11-7-3-4-8-15-11/h1,3-5,7-8,10H,2,6,9H2,(H,16,18,19). The molecule has 5 nitrogen and oxygen atoms in total. The van der Waals surface area contributed by atoms with Crippen molar-refractivity contribution in [3.8, 4) is 10.7 Å². The zero-order chi connectivity index (χ0) is 13.8. The summed E-state index contributed by atoms with van der Waals surface area (Å²) in [6.07, 6.45) is 8.58. The van der Waals surface area contributed by atoms with Crippen molar-refractivity contribution >= 4 is 22.4 Å². The quantitative estimate of drug-likeness (QED) is 0.877. The summed E-state index contributed by atoms with van der Waals surface area (Å²) in [6.45, 7) is 0. The number of hydrogen-bond acceptors (Lipinski definition) is 5. The Morgan fingerprint density at radius 1 is 1.40 bits per heavy atom. The van der Waals surface area contributed by atoms with Crippen molar-refractivity contribution in [2.75, 3.05) is 5.32 Å². The number of nitrogens with zero attached hydrogens (tertiary/aromatic N) is 3. The molecule has 0 radical (unpaired) electrons. The van der Waals surface area contributed by atoms with Gasteiger partial charge in [0.15, 0.2) is 5.01 Å². The topological polar surface area (TPSA) is 67.8 Å². The van der Waals surface area contributed by atoms with Crippen LogP contribution in [0.15, 0.2) is 36.5 Å². The van der Waals surface area contributed by atoms with Gasteiger partial charge in [-0.05, 0) is 30.9 Å². The molecule has 102 valence electrons. The third kappa shape index (κ3) is 3.08. The highest BCUT2D eigenvalue weighted by Crippen LogP contribution is 2.25. The Balaban J connectivity index is 1.62. The number of amides is 1. The van der Waals surface area contributed by atoms with Crippen LogP contribution in [0.1, 0.15) is 19.3 Å². The minimum Gasteiger partial charge on any atom is -0.301 e. The second kappa shape index (κ2) is 5.92. The van der Waals surface area contributed by atoms with Gasteiger partial charge in [0.1, 0.15) is 5.69 Å². The van der Waals surface area contributed by atoms with E-state index in [0.717, 1.165) is 18.5 Å². The fourth-order valence-electron chi connectivity index (χ4n) is 2.14. The van der Waals surface area contributed by atoms with E-state index >= 15 is 0 Å². The van der Waals surface area contributed by atoms with E-state index in [1.54, 1.807) is 6.20 Å². The fraction of sp³-hybridized carbons (Fsp3) is 0.286. The van der Waals surface area contributed by atoms with Crippen molar-refractivity contribution in [1.29, 1.82) is 0 Å². The Morgan fingerprint density at radius 2 is 2.35 bits per heavy atom. The second-order valence-corrected chi connectivity index (χ2v) is 5.62. The van der Waals surface area contributed by atoms with Gasteiger partial charge in [-0.1, -0.05) is 29.6 Å². The summed E-state index contributed by atoms with van der Waals surface area (Å²) in [4.78, 5) is 16.1. The lowest BCUT2D eigenvalue weighted by Gasteiger charge is -2.05. The Kier molecular flexibility index (Phi) is 3.83. The molecule has 1 amide bonds. The summed E-state index contributed by atoms with van der Waals surface area (Å²) in [5.41, 5.74) is 0.768. The number of anilines is 1. The van der Waals surface area contributed by atoms with Gasteiger partial charge in [-0.15, -0.1) is 10.2 Å². The van der Waals surface area contributed by atoms with Crippen LogP contribution in [0.5, 0.6) is 0 Å². The number of hydrogen-bond donors (Lipinski definition) is 1. The zero-order valence-electron chi connectivity index (χ0n) is 10.8. The van der Waals surface area contributed by atoms with Gasteiger partial charge in [0.25, 0.3) is 0 Å². The van der Waals surface area contributed by atoms with Crippen molar-refractivity contribution < 1.29 is 4.79 Å². The number of carbonyl (C=O) groups is 1. The van der Waals surface area contributed by atoms with Crippen LogP contribution in [-0.2, 0) is 4.79 Å². The van der Waals surface area contributed by atoms with Crippen LogP contribution in [0.25, 0.3) is 10.7 Å². The maximum Gasteiger partial charge on any atom is 0.226 e. The Labute approximate surface area is 120 Å². The molecule has 0 saturated carbocycles. The molecule has 0 spiro atoms. The molecule has 2 heterocycles. The van der Waals surface area contributed by atoms with Crippen molar-refractivity contribution in [2.45, 2.75) is 19.3 Å². The van der Waals surface area contributed by atoms with Crippen LogP contribution < -0.4 is 5.32 Å². The van der Waals surface area contributed by atoms with Crippen LogP contribution in [0.3, 0.4) is 0 Å². The van der Waals surface area contributed by atoms with E-state index in [0.29, 0.717) is 22.5 Å². The van der Waals surface area contributed by atoms with Gasteiger partial charge in [-0.2, -0.15) is 0 Å². The third-order valence-corrected chi connectivity index (χ3v) is 3.98. The first-order valence-corrected chi connectivity index (χ1v) is 7.34. The molecule has 0 aliphatic heterocycles. The molecule has 3 rings (SSSR count). The highest BCUT2D eigenvalue weighted by Gasteiger charge is 2.15. The Bertz CT molecular complexity index is 623. The molecule has 0 aromatic carbocycles. The minimum absolute atomic E-state index is 0.00901. The molecule has 1 atom stereocenters. The summed E-state index contributed by atoms with van der Waals surface area (Å²) in [5.74, 6) is 0.350. The molecule has 0 bridgehead atoms. The van der Waals surface area contributed by atoms with Gasteiger partial charge in [0.2, 0.25) is 11.0 Å². The summed E-state index contributed by atoms with van der Waals surface area (Å²) >= 11 is 1.34. The van der Waals surface area contributed by atoms with Crippen LogP contribution >= 0.6 is 11.3 Å². The van der Waals surface area contributed by atoms with E-state index in [1.165, 1.54) is 11.3 Å². The molecule has 1 aliphatic carbocycles. The maximum atomic E-state index is 11.9. The molecule has 20 heavy (non-hydrogen) atoms. The first kappa shape index (κ1) is 12.9. The average molecular weight is 286 g/mol. The van der Waals surface area contributed by atoms with Crippen LogP contribution in [0, 0.1) is 5.92 Å². The normalized spacial score (nSPS) is 17.3. The number of nitrogens with one attached hydrogen (secondary N) is 1. The molecule has 1 unspecified atom stereocenters. The fourth-order valence-corrected chi connectivity index (χ4v) is 2.88. The zero-order valence-corrected chi connectivity index (χ0v) is 11.6. The molecule has 2 aromatic rings. The largest absolute Gasteiger partial charge is 0.301 e. The van der Waals surface area contributed by atoms with E-state index < -0.39 is 0 Å². The van der Waals surface area contributed by atoms with Gasteiger partial charge >= 0.3 is 0 Å². The van der Waals surface area contributed by atoms with E-state index in [4.69, 9.17) is 0 Å². The number of allylic oxidation sites excluding steroid dienone is 2. The number of pyridine rings is 1. The van der Waals surface area contributed by atoms with Gasteiger partial charge in [-0.3, -0.25) is 9.78 Å². The third-order valence-electron chi connectivity index (χ3n) is 3.12. The summed E-state index contributed by atoms with van der Waals surface area (Å²) < 4.78 is 0. The molecule has 1 N–H and O–H groups in total. The van der Waals surface area contributed by atoms with Crippen molar-refractivity contribution in [1.82, 2.24) is 15.2 Å². The summed E-state index contributed by atoms with van der Waals surface area (Å²) in [7, 11) is 0. The first-order chi connectivity index (χ1) is 9.81. The highest BCUT2D eigenvalue weighted by atomic mass is 32.1. The predicted octanol–water partition coefficient (Wildman–Crippen LogP) is 2.89. The van der Waals surface area contributed by atoms with Gasteiger partial charge < -0.3 is 5.32 Å². The molecular formula is C14H14N4OS. The Morgan fingerprint density at radius 3 is 3.10 bits per heavy atom. The van der Waals surface area contributed by atoms with E-state index in [9.17, 15) is 4.79 Å². The molecule has 1 aliphatic rings. The average Bonchev–Trinajstić information content (AvgIpc) is 3.11.